The van der Waals surface area contributed by atoms with Crippen LogP contribution in [0.5, 0.6) is 0 Å². The van der Waals surface area contributed by atoms with E-state index < -0.39 is 6.29 Å². The lowest BCUT2D eigenvalue weighted by Gasteiger charge is -2.41. The Morgan fingerprint density at radius 2 is 1.54 bits per heavy atom. The number of nitrogens with zero attached hydrogens (tertiary/aromatic N) is 2. The number of aromatic nitrogens is 2. The fourth-order valence-corrected chi connectivity index (χ4v) is 5.34. The molecule has 4 atom stereocenters. The van der Waals surface area contributed by atoms with Crippen molar-refractivity contribution in [1.82, 2.24) is 14.9 Å². The Balaban J connectivity index is 1.22. The monoisotopic (exact) mass is 547 g/mol. The van der Waals surface area contributed by atoms with Crippen LogP contribution < -0.4 is 5.32 Å². The van der Waals surface area contributed by atoms with Crippen LogP contribution in [0.15, 0.2) is 109 Å². The highest BCUT2D eigenvalue weighted by molar-refractivity contribution is 5.94. The van der Waals surface area contributed by atoms with Crippen LogP contribution in [0, 0.1) is 5.92 Å². The number of carbonyl (C=O) groups excluding carboxylic acids is 1. The van der Waals surface area contributed by atoms with E-state index in [0.717, 1.165) is 33.3 Å². The van der Waals surface area contributed by atoms with Gasteiger partial charge < -0.3 is 24.5 Å². The van der Waals surface area contributed by atoms with Gasteiger partial charge in [-0.1, -0.05) is 85.8 Å². The summed E-state index contributed by atoms with van der Waals surface area (Å²) in [5, 5.41) is 12.5. The molecule has 1 amide bonds. The number of aliphatic hydroxyl groups excluding tert-OH is 1. The fraction of sp³-hybridized carbons (Fsp3) is 0.235. The third-order valence-electron chi connectivity index (χ3n) is 7.77. The molecule has 7 heteroatoms. The van der Waals surface area contributed by atoms with Gasteiger partial charge >= 0.3 is 0 Å². The Morgan fingerprint density at radius 3 is 2.29 bits per heavy atom. The molecule has 5 aromatic rings. The van der Waals surface area contributed by atoms with E-state index in [1.165, 1.54) is 0 Å². The maximum Gasteiger partial charge on any atom is 0.251 e. The molecule has 6 rings (SSSR count). The van der Waals surface area contributed by atoms with Gasteiger partial charge in [0.2, 0.25) is 0 Å². The van der Waals surface area contributed by atoms with Crippen molar-refractivity contribution in [2.45, 2.75) is 45.1 Å². The van der Waals surface area contributed by atoms with Crippen molar-refractivity contribution in [3.63, 3.8) is 0 Å². The molecule has 7 nitrogen and oxygen atoms in total. The van der Waals surface area contributed by atoms with Gasteiger partial charge in [0.1, 0.15) is 0 Å². The van der Waals surface area contributed by atoms with Crippen molar-refractivity contribution in [2.24, 2.45) is 5.92 Å². The predicted molar refractivity (Wildman–Crippen MR) is 157 cm³/mol. The van der Waals surface area contributed by atoms with Crippen LogP contribution in [0.25, 0.3) is 11.0 Å². The van der Waals surface area contributed by atoms with Crippen LogP contribution >= 0.6 is 0 Å². The molecular weight excluding hydrogens is 514 g/mol. The number of para-hydroxylation sites is 2. The van der Waals surface area contributed by atoms with E-state index in [-0.39, 0.29) is 30.6 Å². The second kappa shape index (κ2) is 12.1. The van der Waals surface area contributed by atoms with Gasteiger partial charge in [-0.3, -0.25) is 4.79 Å². The van der Waals surface area contributed by atoms with Crippen LogP contribution in [0.2, 0.25) is 0 Å². The molecule has 1 aliphatic rings. The summed E-state index contributed by atoms with van der Waals surface area (Å²) in [6.45, 7) is 3.22. The molecule has 4 aromatic carbocycles. The quantitative estimate of drug-likeness (QED) is 0.251. The number of imidazole rings is 1. The molecule has 1 fully saturated rings. The summed E-state index contributed by atoms with van der Waals surface area (Å²) in [6.07, 6.45) is 0.959. The minimum absolute atomic E-state index is 0.00156. The topological polar surface area (TPSA) is 85.6 Å². The molecule has 208 valence electrons. The highest BCUT2D eigenvalue weighted by Gasteiger charge is 2.38. The van der Waals surface area contributed by atoms with Crippen LogP contribution in [0.1, 0.15) is 51.9 Å². The molecule has 1 aliphatic heterocycles. The smallest absolute Gasteiger partial charge is 0.251 e. The lowest BCUT2D eigenvalue weighted by atomic mass is 9.90. The molecule has 1 aromatic heterocycles. The fourth-order valence-electron chi connectivity index (χ4n) is 5.34. The van der Waals surface area contributed by atoms with E-state index in [1.54, 1.807) is 12.1 Å². The summed E-state index contributed by atoms with van der Waals surface area (Å²) in [5.74, 6) is -0.0487. The number of hydrogen-bond donors (Lipinski definition) is 2. The number of fused-ring (bicyclic) bond motifs is 1. The average molecular weight is 548 g/mol. The van der Waals surface area contributed by atoms with Crippen molar-refractivity contribution in [3.8, 4) is 0 Å². The highest BCUT2D eigenvalue weighted by atomic mass is 16.7. The number of carbonyl (C=O) groups is 1. The number of amides is 1. The molecule has 2 heterocycles. The third kappa shape index (κ3) is 5.93. The Bertz CT molecular complexity index is 1600. The Kier molecular flexibility index (Phi) is 7.91. The normalized spacial score (nSPS) is 20.6. The van der Waals surface area contributed by atoms with Crippen molar-refractivity contribution in [3.05, 3.63) is 137 Å². The van der Waals surface area contributed by atoms with Crippen molar-refractivity contribution in [2.75, 3.05) is 0 Å². The summed E-state index contributed by atoms with van der Waals surface area (Å²) in [7, 11) is 0. The zero-order valence-corrected chi connectivity index (χ0v) is 22.9. The predicted octanol–water partition coefficient (Wildman–Crippen LogP) is 5.95. The molecule has 0 bridgehead atoms. The number of rotatable bonds is 8. The van der Waals surface area contributed by atoms with E-state index in [2.05, 4.69) is 27.9 Å². The summed E-state index contributed by atoms with van der Waals surface area (Å²) in [5.41, 5.74) is 6.46. The first-order chi connectivity index (χ1) is 20.1. The molecule has 1 saturated heterocycles. The first-order valence-electron chi connectivity index (χ1n) is 13.9. The van der Waals surface area contributed by atoms with Gasteiger partial charge in [0.05, 0.1) is 42.7 Å². The van der Waals surface area contributed by atoms with Crippen LogP contribution in [-0.4, -0.2) is 26.7 Å². The Labute approximate surface area is 239 Å². The molecule has 0 radical (unpaired) electrons. The minimum Gasteiger partial charge on any atom is -0.392 e. The first-order valence-corrected chi connectivity index (χ1v) is 13.9. The number of nitrogens with one attached hydrogen (secondary N) is 1. The number of ether oxygens (including phenoxy) is 2. The highest BCUT2D eigenvalue weighted by Crippen LogP contribution is 2.42. The van der Waals surface area contributed by atoms with Crippen LogP contribution in [0.4, 0.5) is 0 Å². The number of aliphatic hydroxyl groups is 1. The van der Waals surface area contributed by atoms with E-state index in [4.69, 9.17) is 9.47 Å². The van der Waals surface area contributed by atoms with Gasteiger partial charge in [-0.2, -0.15) is 0 Å². The van der Waals surface area contributed by atoms with Crippen molar-refractivity contribution < 1.29 is 19.4 Å². The Hall–Kier alpha value is -4.30. The molecular formula is C34H33N3O4. The summed E-state index contributed by atoms with van der Waals surface area (Å²) in [6, 6.07) is 33.2. The zero-order chi connectivity index (χ0) is 28.2. The summed E-state index contributed by atoms with van der Waals surface area (Å²) < 4.78 is 15.4. The largest absolute Gasteiger partial charge is 0.392 e. The van der Waals surface area contributed by atoms with Crippen molar-refractivity contribution >= 4 is 16.9 Å². The zero-order valence-electron chi connectivity index (χ0n) is 22.9. The van der Waals surface area contributed by atoms with Gasteiger partial charge in [-0.05, 0) is 41.0 Å². The van der Waals surface area contributed by atoms with Crippen LogP contribution in [-0.2, 0) is 29.2 Å². The molecule has 0 spiro atoms. The second-order valence-corrected chi connectivity index (χ2v) is 10.5. The minimum atomic E-state index is -0.568. The van der Waals surface area contributed by atoms with Gasteiger partial charge in [-0.15, -0.1) is 0 Å². The lowest BCUT2D eigenvalue weighted by molar-refractivity contribution is -0.276. The van der Waals surface area contributed by atoms with E-state index in [9.17, 15) is 9.90 Å². The lowest BCUT2D eigenvalue weighted by Crippen LogP contribution is -2.39. The second-order valence-electron chi connectivity index (χ2n) is 10.5. The van der Waals surface area contributed by atoms with Gasteiger partial charge in [0.15, 0.2) is 6.29 Å². The standard InChI is InChI=1S/C34H33N3O4/c1-23-31(20-37-22-36-29-9-5-6-10-30(29)37)40-34(41-32(23)26-15-13-25(21-38)14-16-26)28-17-11-24(12-18-28)19-35-33(39)27-7-3-2-4-8-27/h2-18,22-23,31-32,34,38H,19-21H2,1H3,(H,35,39). The van der Waals surface area contributed by atoms with E-state index in [0.29, 0.717) is 18.7 Å². The maximum atomic E-state index is 12.5. The number of benzene rings is 4. The summed E-state index contributed by atoms with van der Waals surface area (Å²) >= 11 is 0. The molecule has 41 heavy (non-hydrogen) atoms. The van der Waals surface area contributed by atoms with Crippen LogP contribution in [0.3, 0.4) is 0 Å². The van der Waals surface area contributed by atoms with Crippen molar-refractivity contribution in [1.29, 1.82) is 0 Å². The maximum absolute atomic E-state index is 12.5. The van der Waals surface area contributed by atoms with E-state index in [1.807, 2.05) is 91.3 Å². The Morgan fingerprint density at radius 1 is 0.854 bits per heavy atom. The third-order valence-corrected chi connectivity index (χ3v) is 7.77. The summed E-state index contributed by atoms with van der Waals surface area (Å²) in [4.78, 5) is 17.0. The molecule has 4 unspecified atom stereocenters. The molecule has 2 N–H and O–H groups in total. The SMILES string of the molecule is CC1C(Cn2cnc3ccccc32)OC(c2ccc(CNC(=O)c3ccccc3)cc2)OC1c1ccc(CO)cc1. The van der Waals surface area contributed by atoms with Gasteiger partial charge in [-0.25, -0.2) is 4.98 Å². The number of hydrogen-bond acceptors (Lipinski definition) is 5. The molecule has 0 aliphatic carbocycles. The average Bonchev–Trinajstić information content (AvgIpc) is 3.44. The van der Waals surface area contributed by atoms with Gasteiger partial charge in [0, 0.05) is 23.6 Å². The van der Waals surface area contributed by atoms with Gasteiger partial charge in [0.25, 0.3) is 5.91 Å². The van der Waals surface area contributed by atoms with E-state index >= 15 is 0 Å². The molecule has 0 saturated carbocycles. The first kappa shape index (κ1) is 26.9.